The highest BCUT2D eigenvalue weighted by Crippen LogP contribution is 1.93. The van der Waals surface area contributed by atoms with Crippen LogP contribution in [0.2, 0.25) is 0 Å². The van der Waals surface area contributed by atoms with Gasteiger partial charge in [-0.05, 0) is 19.4 Å². The quantitative estimate of drug-likeness (QED) is 0.553. The average Bonchev–Trinajstić information content (AvgIpc) is 1.69. The Hall–Kier alpha value is 0.310. The van der Waals surface area contributed by atoms with E-state index < -0.39 is 0 Å². The molecule has 0 heterocycles. The number of rotatable bonds is 4. The molecule has 1 radical (unpaired) electrons. The third kappa shape index (κ3) is 6.31. The maximum atomic E-state index is 5.24. The highest BCUT2D eigenvalue weighted by molar-refractivity contribution is 7.80. The minimum Gasteiger partial charge on any atom is -0.330 e. The second kappa shape index (κ2) is 6.31. The minimum atomic E-state index is 0.815. The molecule has 0 aromatic rings. The summed E-state index contributed by atoms with van der Waals surface area (Å²) in [6.45, 7) is 0.815. The van der Waals surface area contributed by atoms with Gasteiger partial charge < -0.3 is 5.73 Å². The van der Waals surface area contributed by atoms with E-state index in [0.29, 0.717) is 0 Å². The highest BCUT2D eigenvalue weighted by atomic mass is 32.1. The molecule has 0 aliphatic carbocycles. The van der Waals surface area contributed by atoms with Crippen molar-refractivity contribution in [1.82, 2.24) is 0 Å². The second-order valence-corrected chi connectivity index (χ2v) is 1.96. The fraction of sp³-hybridized carbons (Fsp3) is 1.00. The topological polar surface area (TPSA) is 26.0 Å². The van der Waals surface area contributed by atoms with Gasteiger partial charge in [0.15, 0.2) is 0 Å². The SMILES string of the molecule is NCCCCC[S]. The van der Waals surface area contributed by atoms with Crippen molar-refractivity contribution in [2.45, 2.75) is 19.3 Å². The zero-order valence-electron chi connectivity index (χ0n) is 4.52. The van der Waals surface area contributed by atoms with Gasteiger partial charge >= 0.3 is 0 Å². The van der Waals surface area contributed by atoms with Gasteiger partial charge in [0.2, 0.25) is 0 Å². The van der Waals surface area contributed by atoms with Crippen molar-refractivity contribution in [1.29, 1.82) is 0 Å². The van der Waals surface area contributed by atoms with Crippen LogP contribution in [0.4, 0.5) is 0 Å². The molecule has 0 rings (SSSR count). The van der Waals surface area contributed by atoms with Gasteiger partial charge in [0.1, 0.15) is 0 Å². The lowest BCUT2D eigenvalue weighted by molar-refractivity contribution is 0.733. The Bertz CT molecular complexity index is 27.3. The van der Waals surface area contributed by atoms with Gasteiger partial charge in [0, 0.05) is 5.75 Å². The fourth-order valence-electron chi connectivity index (χ4n) is 0.423. The van der Waals surface area contributed by atoms with Crippen LogP contribution in [0.5, 0.6) is 0 Å². The van der Waals surface area contributed by atoms with Crippen molar-refractivity contribution >= 4 is 12.6 Å². The fourth-order valence-corrected chi connectivity index (χ4v) is 0.627. The first-order valence-corrected chi connectivity index (χ1v) is 3.27. The summed E-state index contributed by atoms with van der Waals surface area (Å²) in [5, 5.41) is 0. The molecule has 0 saturated heterocycles. The minimum absolute atomic E-state index is 0.815. The number of hydrogen-bond acceptors (Lipinski definition) is 1. The molecule has 0 aliphatic heterocycles. The van der Waals surface area contributed by atoms with Gasteiger partial charge in [-0.15, -0.1) is 0 Å². The molecular formula is C5H12NS. The van der Waals surface area contributed by atoms with Gasteiger partial charge in [0.25, 0.3) is 0 Å². The summed E-state index contributed by atoms with van der Waals surface area (Å²) in [5.74, 6) is 0.889. The Balaban J connectivity index is 2.45. The predicted molar refractivity (Wildman–Crippen MR) is 35.4 cm³/mol. The van der Waals surface area contributed by atoms with Crippen LogP contribution in [0.15, 0.2) is 0 Å². The Morgan fingerprint density at radius 3 is 2.29 bits per heavy atom. The normalized spacial score (nSPS) is 9.43. The number of unbranched alkanes of at least 4 members (excludes halogenated alkanes) is 2. The van der Waals surface area contributed by atoms with E-state index >= 15 is 0 Å². The van der Waals surface area contributed by atoms with E-state index in [2.05, 4.69) is 0 Å². The molecule has 7 heavy (non-hydrogen) atoms. The molecule has 0 fully saturated rings. The Kier molecular flexibility index (Phi) is 6.59. The molecule has 2 heteroatoms. The van der Waals surface area contributed by atoms with Crippen LogP contribution in [0, 0.1) is 0 Å². The maximum Gasteiger partial charge on any atom is 0.00369 e. The van der Waals surface area contributed by atoms with E-state index in [1.165, 1.54) is 6.42 Å². The third-order valence-electron chi connectivity index (χ3n) is 0.848. The first kappa shape index (κ1) is 7.31. The predicted octanol–water partition coefficient (Wildman–Crippen LogP) is 1.31. The zero-order chi connectivity index (χ0) is 5.54. The zero-order valence-corrected chi connectivity index (χ0v) is 5.34. The summed E-state index contributed by atoms with van der Waals surface area (Å²) in [7, 11) is 0. The average molecular weight is 118 g/mol. The largest absolute Gasteiger partial charge is 0.330 e. The molecule has 43 valence electrons. The first-order chi connectivity index (χ1) is 3.41. The molecule has 0 bridgehead atoms. The van der Waals surface area contributed by atoms with Crippen molar-refractivity contribution in [3.8, 4) is 0 Å². The van der Waals surface area contributed by atoms with E-state index in [1.807, 2.05) is 0 Å². The van der Waals surface area contributed by atoms with Crippen molar-refractivity contribution in [2.24, 2.45) is 5.73 Å². The summed E-state index contributed by atoms with van der Waals surface area (Å²) < 4.78 is 0. The van der Waals surface area contributed by atoms with Gasteiger partial charge in [0.05, 0.1) is 0 Å². The van der Waals surface area contributed by atoms with Crippen LogP contribution >= 0.6 is 12.6 Å². The van der Waals surface area contributed by atoms with Crippen LogP contribution in [0.25, 0.3) is 0 Å². The van der Waals surface area contributed by atoms with E-state index in [1.54, 1.807) is 0 Å². The molecular weight excluding hydrogens is 106 g/mol. The molecule has 0 aromatic carbocycles. The van der Waals surface area contributed by atoms with Crippen molar-refractivity contribution in [2.75, 3.05) is 12.3 Å². The van der Waals surface area contributed by atoms with E-state index in [4.69, 9.17) is 18.4 Å². The summed E-state index contributed by atoms with van der Waals surface area (Å²) in [4.78, 5) is 0. The van der Waals surface area contributed by atoms with Crippen molar-refractivity contribution < 1.29 is 0 Å². The summed E-state index contributed by atoms with van der Waals surface area (Å²) in [6, 6.07) is 0. The lowest BCUT2D eigenvalue weighted by Gasteiger charge is -1.90. The molecule has 0 saturated carbocycles. The third-order valence-corrected chi connectivity index (χ3v) is 1.14. The highest BCUT2D eigenvalue weighted by Gasteiger charge is 1.81. The number of nitrogens with two attached hydrogens (primary N) is 1. The maximum absolute atomic E-state index is 5.24. The van der Waals surface area contributed by atoms with E-state index in [9.17, 15) is 0 Å². The van der Waals surface area contributed by atoms with Gasteiger partial charge in [-0.2, -0.15) is 0 Å². The second-order valence-electron chi connectivity index (χ2n) is 1.55. The molecule has 0 atom stereocenters. The molecule has 0 spiro atoms. The first-order valence-electron chi connectivity index (χ1n) is 2.70. The van der Waals surface area contributed by atoms with E-state index in [-0.39, 0.29) is 0 Å². The molecule has 0 aromatic heterocycles. The van der Waals surface area contributed by atoms with Crippen molar-refractivity contribution in [3.05, 3.63) is 0 Å². The molecule has 2 N–H and O–H groups in total. The monoisotopic (exact) mass is 118 g/mol. The van der Waals surface area contributed by atoms with Crippen LogP contribution in [-0.2, 0) is 0 Å². The standard InChI is InChI=1S/C5H12NS/c6-4-2-1-3-5-7/h1-6H2. The Morgan fingerprint density at radius 2 is 1.86 bits per heavy atom. The van der Waals surface area contributed by atoms with Gasteiger partial charge in [-0.3, -0.25) is 0 Å². The molecule has 0 amide bonds. The molecule has 1 nitrogen and oxygen atoms in total. The smallest absolute Gasteiger partial charge is 0.00369 e. The van der Waals surface area contributed by atoms with Gasteiger partial charge in [-0.25, -0.2) is 0 Å². The van der Waals surface area contributed by atoms with Crippen molar-refractivity contribution in [3.63, 3.8) is 0 Å². The Morgan fingerprint density at radius 1 is 1.14 bits per heavy atom. The number of hydrogen-bond donors (Lipinski definition) is 1. The summed E-state index contributed by atoms with van der Waals surface area (Å²) in [5.41, 5.74) is 5.24. The summed E-state index contributed by atoms with van der Waals surface area (Å²) >= 11 is 4.72. The van der Waals surface area contributed by atoms with Crippen LogP contribution < -0.4 is 5.73 Å². The van der Waals surface area contributed by atoms with Crippen LogP contribution in [0.3, 0.4) is 0 Å². The molecule has 0 unspecified atom stereocenters. The van der Waals surface area contributed by atoms with Crippen LogP contribution in [0.1, 0.15) is 19.3 Å². The lowest BCUT2D eigenvalue weighted by atomic mass is 10.2. The molecule has 0 aliphatic rings. The summed E-state index contributed by atoms with van der Waals surface area (Å²) in [6.07, 6.45) is 3.50. The lowest BCUT2D eigenvalue weighted by Crippen LogP contribution is -1.97. The van der Waals surface area contributed by atoms with Gasteiger partial charge in [-0.1, -0.05) is 19.0 Å². The van der Waals surface area contributed by atoms with E-state index in [0.717, 1.165) is 25.1 Å². The van der Waals surface area contributed by atoms with Crippen LogP contribution in [-0.4, -0.2) is 12.3 Å². The Labute approximate surface area is 50.7 Å².